The fourth-order valence-corrected chi connectivity index (χ4v) is 2.49. The molecule has 19 heavy (non-hydrogen) atoms. The van der Waals surface area contributed by atoms with E-state index < -0.39 is 0 Å². The van der Waals surface area contributed by atoms with Gasteiger partial charge in [0.05, 0.1) is 11.7 Å². The summed E-state index contributed by atoms with van der Waals surface area (Å²) in [5, 5.41) is 19.7. The van der Waals surface area contributed by atoms with Crippen LogP contribution in [0, 0.1) is 0 Å². The van der Waals surface area contributed by atoms with E-state index >= 15 is 0 Å². The normalized spacial score (nSPS) is 18.4. The predicted octanol–water partition coefficient (Wildman–Crippen LogP) is 3.32. The van der Waals surface area contributed by atoms with E-state index in [4.69, 9.17) is 4.74 Å². The first-order chi connectivity index (χ1) is 9.15. The van der Waals surface area contributed by atoms with Crippen LogP contribution in [0.3, 0.4) is 0 Å². The Morgan fingerprint density at radius 1 is 1.26 bits per heavy atom. The Bertz CT molecular complexity index is 467. The Kier molecular flexibility index (Phi) is 4.43. The second-order valence-corrected chi connectivity index (χ2v) is 4.92. The Morgan fingerprint density at radius 2 is 2.00 bits per heavy atom. The average molecular weight is 264 g/mol. The number of hydrogen-bond acceptors (Lipinski definition) is 4. The van der Waals surface area contributed by atoms with Gasteiger partial charge in [-0.2, -0.15) is 0 Å². The second kappa shape index (κ2) is 6.06. The summed E-state index contributed by atoms with van der Waals surface area (Å²) in [4.78, 5) is 11.9. The molecule has 1 aromatic carbocycles. The summed E-state index contributed by atoms with van der Waals surface area (Å²) in [6, 6.07) is 2.76. The Hall–Kier alpha value is -1.55. The molecule has 0 radical (unpaired) electrons. The number of rotatable bonds is 5. The van der Waals surface area contributed by atoms with Gasteiger partial charge in [-0.05, 0) is 25.0 Å². The van der Waals surface area contributed by atoms with Crippen LogP contribution in [0.25, 0.3) is 0 Å². The molecular formula is C15H20O4. The van der Waals surface area contributed by atoms with Gasteiger partial charge in [0.15, 0.2) is 5.78 Å². The number of unbranched alkanes of at least 4 members (excludes halogenated alkanes) is 2. The number of benzene rings is 1. The van der Waals surface area contributed by atoms with Gasteiger partial charge in [0.2, 0.25) is 0 Å². The molecule has 1 aromatic rings. The lowest BCUT2D eigenvalue weighted by Crippen LogP contribution is -2.18. The zero-order valence-electron chi connectivity index (χ0n) is 11.2. The number of aromatic hydroxyl groups is 2. The van der Waals surface area contributed by atoms with Gasteiger partial charge in [-0.25, -0.2) is 0 Å². The minimum atomic E-state index is -0.295. The highest BCUT2D eigenvalue weighted by Crippen LogP contribution is 2.41. The fourth-order valence-electron chi connectivity index (χ4n) is 2.49. The molecule has 1 unspecified atom stereocenters. The van der Waals surface area contributed by atoms with Gasteiger partial charge in [-0.3, -0.25) is 4.79 Å². The van der Waals surface area contributed by atoms with E-state index in [9.17, 15) is 15.0 Å². The monoisotopic (exact) mass is 264 g/mol. The van der Waals surface area contributed by atoms with Crippen molar-refractivity contribution in [1.29, 1.82) is 0 Å². The van der Waals surface area contributed by atoms with Gasteiger partial charge in [0.25, 0.3) is 0 Å². The molecule has 0 aliphatic heterocycles. The van der Waals surface area contributed by atoms with Crippen LogP contribution in [-0.4, -0.2) is 22.6 Å². The zero-order valence-corrected chi connectivity index (χ0v) is 11.2. The largest absolute Gasteiger partial charge is 0.508 e. The quantitative estimate of drug-likeness (QED) is 0.632. The third-order valence-electron chi connectivity index (χ3n) is 3.50. The van der Waals surface area contributed by atoms with Crippen molar-refractivity contribution in [2.75, 3.05) is 6.61 Å². The molecule has 0 saturated carbocycles. The number of phenols is 2. The summed E-state index contributed by atoms with van der Waals surface area (Å²) in [7, 11) is 0. The third-order valence-corrected chi connectivity index (χ3v) is 3.50. The van der Waals surface area contributed by atoms with E-state index in [1.165, 1.54) is 12.1 Å². The zero-order chi connectivity index (χ0) is 13.8. The standard InChI is InChI=1S/C15H20O4/c1-2-3-4-9-19-13-8-7-11(17)14-10(16)5-6-12(18)15(13)14/h5-6,13,16,18H,2-4,7-9H2,1H3. The first-order valence-electron chi connectivity index (χ1n) is 6.84. The molecule has 2 N–H and O–H groups in total. The van der Waals surface area contributed by atoms with Crippen LogP contribution in [0.2, 0.25) is 0 Å². The van der Waals surface area contributed by atoms with E-state index in [-0.39, 0.29) is 28.9 Å². The average Bonchev–Trinajstić information content (AvgIpc) is 2.40. The minimum absolute atomic E-state index is 0.0290. The molecule has 2 rings (SSSR count). The van der Waals surface area contributed by atoms with Gasteiger partial charge in [0, 0.05) is 18.6 Å². The van der Waals surface area contributed by atoms with E-state index in [0.717, 1.165) is 19.3 Å². The van der Waals surface area contributed by atoms with Gasteiger partial charge in [-0.1, -0.05) is 19.8 Å². The summed E-state index contributed by atoms with van der Waals surface area (Å²) in [5.41, 5.74) is 0.680. The van der Waals surface area contributed by atoms with E-state index in [2.05, 4.69) is 6.92 Å². The maximum absolute atomic E-state index is 11.9. The molecule has 0 saturated heterocycles. The maximum atomic E-state index is 11.9. The molecule has 0 fully saturated rings. The van der Waals surface area contributed by atoms with E-state index in [0.29, 0.717) is 25.0 Å². The van der Waals surface area contributed by atoms with Crippen molar-refractivity contribution >= 4 is 5.78 Å². The Balaban J connectivity index is 2.19. The van der Waals surface area contributed by atoms with Crippen molar-refractivity contribution in [3.8, 4) is 11.5 Å². The molecular weight excluding hydrogens is 244 g/mol. The van der Waals surface area contributed by atoms with Crippen LogP contribution in [0.1, 0.15) is 61.1 Å². The van der Waals surface area contributed by atoms with Crippen LogP contribution in [-0.2, 0) is 4.74 Å². The SMILES string of the molecule is CCCCCOC1CCC(=O)c2c(O)ccc(O)c21. The van der Waals surface area contributed by atoms with Gasteiger partial charge < -0.3 is 14.9 Å². The molecule has 4 nitrogen and oxygen atoms in total. The van der Waals surface area contributed by atoms with Gasteiger partial charge in [-0.15, -0.1) is 0 Å². The number of carbonyl (C=O) groups is 1. The molecule has 0 aromatic heterocycles. The van der Waals surface area contributed by atoms with Crippen LogP contribution >= 0.6 is 0 Å². The maximum Gasteiger partial charge on any atom is 0.167 e. The third kappa shape index (κ3) is 2.89. The van der Waals surface area contributed by atoms with Gasteiger partial charge >= 0.3 is 0 Å². The summed E-state index contributed by atoms with van der Waals surface area (Å²) in [6.07, 6.45) is 3.81. The molecule has 1 aliphatic rings. The number of hydrogen-bond donors (Lipinski definition) is 2. The van der Waals surface area contributed by atoms with Crippen LogP contribution in [0.4, 0.5) is 0 Å². The topological polar surface area (TPSA) is 66.8 Å². The van der Waals surface area contributed by atoms with Crippen molar-refractivity contribution in [2.24, 2.45) is 0 Å². The lowest BCUT2D eigenvalue weighted by Gasteiger charge is -2.26. The van der Waals surface area contributed by atoms with Gasteiger partial charge in [0.1, 0.15) is 11.5 Å². The minimum Gasteiger partial charge on any atom is -0.508 e. The second-order valence-electron chi connectivity index (χ2n) is 4.92. The van der Waals surface area contributed by atoms with E-state index in [1.54, 1.807) is 0 Å². The summed E-state index contributed by atoms with van der Waals surface area (Å²) in [5.74, 6) is -0.169. The number of phenolic OH excluding ortho intramolecular Hbond substituents is 2. The smallest absolute Gasteiger partial charge is 0.167 e. The molecule has 0 spiro atoms. The Labute approximate surface area is 113 Å². The van der Waals surface area contributed by atoms with Crippen LogP contribution in [0.5, 0.6) is 11.5 Å². The molecule has 1 aliphatic carbocycles. The predicted molar refractivity (Wildman–Crippen MR) is 71.6 cm³/mol. The van der Waals surface area contributed by atoms with Crippen molar-refractivity contribution in [2.45, 2.75) is 45.1 Å². The molecule has 0 bridgehead atoms. The lowest BCUT2D eigenvalue weighted by molar-refractivity contribution is 0.0352. The van der Waals surface area contributed by atoms with Crippen molar-refractivity contribution < 1.29 is 19.7 Å². The highest BCUT2D eigenvalue weighted by Gasteiger charge is 2.31. The van der Waals surface area contributed by atoms with Crippen LogP contribution < -0.4 is 0 Å². The van der Waals surface area contributed by atoms with Crippen molar-refractivity contribution in [3.05, 3.63) is 23.3 Å². The first-order valence-corrected chi connectivity index (χ1v) is 6.84. The summed E-state index contributed by atoms with van der Waals surface area (Å²) in [6.45, 7) is 2.74. The molecule has 0 heterocycles. The van der Waals surface area contributed by atoms with Crippen molar-refractivity contribution in [3.63, 3.8) is 0 Å². The number of ketones is 1. The molecule has 104 valence electrons. The molecule has 1 atom stereocenters. The lowest BCUT2D eigenvalue weighted by atomic mass is 9.87. The highest BCUT2D eigenvalue weighted by atomic mass is 16.5. The molecule has 4 heteroatoms. The number of fused-ring (bicyclic) bond motifs is 1. The highest BCUT2D eigenvalue weighted by molar-refractivity contribution is 6.01. The molecule has 0 amide bonds. The number of ether oxygens (including phenoxy) is 1. The summed E-state index contributed by atoms with van der Waals surface area (Å²) >= 11 is 0. The number of carbonyl (C=O) groups excluding carboxylic acids is 1. The van der Waals surface area contributed by atoms with E-state index in [1.807, 2.05) is 0 Å². The van der Waals surface area contributed by atoms with Crippen LogP contribution in [0.15, 0.2) is 12.1 Å². The first kappa shape index (κ1) is 13.9. The van der Waals surface area contributed by atoms with Crippen molar-refractivity contribution in [1.82, 2.24) is 0 Å². The fraction of sp³-hybridized carbons (Fsp3) is 0.533. The number of Topliss-reactive ketones (excluding diaryl/α,β-unsaturated/α-hetero) is 1. The Morgan fingerprint density at radius 3 is 2.74 bits per heavy atom. The summed E-state index contributed by atoms with van der Waals surface area (Å²) < 4.78 is 5.77.